The average molecular weight is 771 g/mol. The Balaban J connectivity index is 0.898. The predicted octanol–water partition coefficient (Wildman–Crippen LogP) is 1.83. The van der Waals surface area contributed by atoms with E-state index >= 15 is 0 Å². The zero-order valence-corrected chi connectivity index (χ0v) is 30.5. The molecule has 0 aliphatic carbocycles. The number of anilines is 3. The van der Waals surface area contributed by atoms with Crippen LogP contribution in [-0.4, -0.2) is 73.8 Å². The van der Waals surface area contributed by atoms with Crippen molar-refractivity contribution >= 4 is 58.1 Å². The number of fused-ring (bicyclic) bond motifs is 3. The molecule has 6 rings (SSSR count). The van der Waals surface area contributed by atoms with Crippen molar-refractivity contribution in [3.63, 3.8) is 0 Å². The summed E-state index contributed by atoms with van der Waals surface area (Å²) < 4.78 is 0. The first-order chi connectivity index (χ1) is 27.5. The fourth-order valence-corrected chi connectivity index (χ4v) is 5.91. The summed E-state index contributed by atoms with van der Waals surface area (Å²) in [6.45, 7) is 0.700. The van der Waals surface area contributed by atoms with Crippen molar-refractivity contribution in [1.29, 1.82) is 0 Å². The number of carboxylic acid groups (broad SMARTS) is 1. The van der Waals surface area contributed by atoms with Gasteiger partial charge in [0, 0.05) is 54.7 Å². The maximum absolute atomic E-state index is 13.4. The summed E-state index contributed by atoms with van der Waals surface area (Å²) in [5.74, 6) is 3.25. The third-order valence-electron chi connectivity index (χ3n) is 8.88. The first-order valence-corrected chi connectivity index (χ1v) is 18.0. The molecule has 0 fully saturated rings. The lowest BCUT2D eigenvalue weighted by atomic mass is 10.0. The van der Waals surface area contributed by atoms with Crippen molar-refractivity contribution in [1.82, 2.24) is 35.9 Å². The Morgan fingerprint density at radius 3 is 2.30 bits per heavy atom. The van der Waals surface area contributed by atoms with Crippen LogP contribution in [0, 0.1) is 11.8 Å². The molecule has 1 atom stereocenters. The van der Waals surface area contributed by atoms with Crippen LogP contribution < -0.4 is 37.5 Å². The summed E-state index contributed by atoms with van der Waals surface area (Å²) in [5, 5.41) is 20.5. The van der Waals surface area contributed by atoms with E-state index in [0.29, 0.717) is 23.6 Å². The molecule has 0 bridgehead atoms. The molecule has 17 nitrogen and oxygen atoms in total. The number of aromatic amines is 1. The van der Waals surface area contributed by atoms with Crippen LogP contribution in [0.15, 0.2) is 83.8 Å². The van der Waals surface area contributed by atoms with Crippen LogP contribution in [0.2, 0.25) is 0 Å². The van der Waals surface area contributed by atoms with Gasteiger partial charge in [-0.25, -0.2) is 14.8 Å². The van der Waals surface area contributed by atoms with Gasteiger partial charge < -0.3 is 37.0 Å². The second-order valence-corrected chi connectivity index (χ2v) is 12.9. The predicted molar refractivity (Wildman–Crippen MR) is 210 cm³/mol. The van der Waals surface area contributed by atoms with Crippen LogP contribution in [0.3, 0.4) is 0 Å². The molecule has 0 unspecified atom stereocenters. The molecule has 1 aliphatic heterocycles. The molecule has 5 aromatic rings. The largest absolute Gasteiger partial charge is 0.480 e. The zero-order valence-electron chi connectivity index (χ0n) is 30.5. The van der Waals surface area contributed by atoms with Crippen molar-refractivity contribution in [2.45, 2.75) is 44.8 Å². The number of nitrogens with one attached hydrogen (secondary N) is 5. The highest BCUT2D eigenvalue weighted by molar-refractivity contribution is 5.98. The van der Waals surface area contributed by atoms with Crippen LogP contribution in [0.1, 0.15) is 58.4 Å². The van der Waals surface area contributed by atoms with Gasteiger partial charge in [-0.1, -0.05) is 42.2 Å². The molecule has 0 spiro atoms. The van der Waals surface area contributed by atoms with E-state index in [0.717, 1.165) is 16.7 Å². The Kier molecular flexibility index (Phi) is 12.4. The van der Waals surface area contributed by atoms with Gasteiger partial charge >= 0.3 is 5.97 Å². The van der Waals surface area contributed by atoms with Crippen molar-refractivity contribution in [3.05, 3.63) is 117 Å². The average Bonchev–Trinajstić information content (AvgIpc) is 3.20. The van der Waals surface area contributed by atoms with Gasteiger partial charge in [0.25, 0.3) is 11.5 Å². The van der Waals surface area contributed by atoms with Crippen molar-refractivity contribution in [2.75, 3.05) is 29.0 Å². The minimum absolute atomic E-state index is 0.0354. The Morgan fingerprint density at radius 2 is 1.54 bits per heavy atom. The van der Waals surface area contributed by atoms with Gasteiger partial charge in [0.1, 0.15) is 6.04 Å². The van der Waals surface area contributed by atoms with E-state index in [1.165, 1.54) is 18.3 Å². The van der Waals surface area contributed by atoms with Gasteiger partial charge in [-0.15, -0.1) is 0 Å². The second kappa shape index (κ2) is 18.1. The van der Waals surface area contributed by atoms with E-state index in [1.807, 2.05) is 48.5 Å². The third-order valence-corrected chi connectivity index (χ3v) is 8.88. The summed E-state index contributed by atoms with van der Waals surface area (Å²) in [6, 6.07) is 19.9. The van der Waals surface area contributed by atoms with Gasteiger partial charge in [0.05, 0.1) is 30.7 Å². The molecular weight excluding hydrogens is 733 g/mol. The molecule has 3 aromatic carbocycles. The Hall–Kier alpha value is -7.61. The molecule has 0 radical (unpaired) electrons. The topological polar surface area (TPSA) is 254 Å². The number of nitrogens with two attached hydrogens (primary N) is 1. The van der Waals surface area contributed by atoms with E-state index in [-0.39, 0.29) is 79.8 Å². The number of hydrogen-bond donors (Lipinski definition) is 7. The number of hydrogen-bond acceptors (Lipinski definition) is 11. The third kappa shape index (κ3) is 10.3. The number of rotatable bonds is 15. The number of carbonyl (C=O) groups excluding carboxylic acids is 4. The lowest BCUT2D eigenvalue weighted by molar-refractivity contribution is -0.139. The molecule has 4 amide bonds. The smallest absolute Gasteiger partial charge is 0.326 e. The second-order valence-electron chi connectivity index (χ2n) is 12.9. The Bertz CT molecular complexity index is 2460. The number of aliphatic carboxylic acids is 1. The number of para-hydroxylation sites is 1. The normalized spacial score (nSPS) is 12.0. The molecule has 57 heavy (non-hydrogen) atoms. The van der Waals surface area contributed by atoms with E-state index in [1.54, 1.807) is 17.0 Å². The van der Waals surface area contributed by atoms with E-state index in [4.69, 9.17) is 5.73 Å². The van der Waals surface area contributed by atoms with Crippen LogP contribution in [0.5, 0.6) is 0 Å². The number of carbonyl (C=O) groups is 5. The zero-order chi connectivity index (χ0) is 40.3. The highest BCUT2D eigenvalue weighted by atomic mass is 16.4. The maximum Gasteiger partial charge on any atom is 0.326 e. The molecular formula is C40H38N10O7. The first kappa shape index (κ1) is 39.1. The SMILES string of the molecule is Nc1nc2ncc(CNc3ccc(C(=O)N[C@@H](CCC(=O)NCCNC(=O)CCC(=O)N4Cc5ccccc5C#Cc5ccccc54)C(=O)O)cc3)nc2c(=O)[nH]1. The van der Waals surface area contributed by atoms with Crippen LogP contribution in [0.4, 0.5) is 17.3 Å². The molecule has 3 heterocycles. The number of benzene rings is 3. The standard InChI is InChI=1S/C40H38N10O7/c41-40-48-36-35(38(55)49-40)46-29(22-45-36)21-44-28-13-11-26(12-14-28)37(54)47-30(39(56)57)15-16-32(51)42-19-20-43-33(52)17-18-34(53)50-23-27-7-2-1-5-24(27)9-10-25-6-3-4-8-31(25)50/h1-8,11-14,22,30,44H,15-21,23H2,(H,42,51)(H,43,52)(H,47,54)(H,56,57)(H3,41,45,48,49,55)/t30-/m0/s1. The van der Waals surface area contributed by atoms with Gasteiger partial charge in [-0.2, -0.15) is 4.98 Å². The molecule has 17 heteroatoms. The lowest BCUT2D eigenvalue weighted by Crippen LogP contribution is -2.42. The maximum atomic E-state index is 13.4. The van der Waals surface area contributed by atoms with Gasteiger partial charge in [-0.3, -0.25) is 29.0 Å². The fourth-order valence-electron chi connectivity index (χ4n) is 5.91. The summed E-state index contributed by atoms with van der Waals surface area (Å²) in [4.78, 5) is 91.6. The Morgan fingerprint density at radius 1 is 0.860 bits per heavy atom. The number of H-pyrrole nitrogens is 1. The number of nitrogens with zero attached hydrogens (tertiary/aromatic N) is 4. The van der Waals surface area contributed by atoms with Gasteiger partial charge in [0.15, 0.2) is 11.2 Å². The van der Waals surface area contributed by atoms with Crippen molar-refractivity contribution < 1.29 is 29.1 Å². The first-order valence-electron chi connectivity index (χ1n) is 18.0. The lowest BCUT2D eigenvalue weighted by Gasteiger charge is -2.26. The summed E-state index contributed by atoms with van der Waals surface area (Å²) in [7, 11) is 0. The summed E-state index contributed by atoms with van der Waals surface area (Å²) in [5.41, 5.74) is 9.59. The fraction of sp³-hybridized carbons (Fsp3) is 0.225. The highest BCUT2D eigenvalue weighted by Crippen LogP contribution is 2.26. The molecule has 0 saturated heterocycles. The van der Waals surface area contributed by atoms with Crippen molar-refractivity contribution in [2.24, 2.45) is 0 Å². The quantitative estimate of drug-likeness (QED) is 0.0595. The molecule has 290 valence electrons. The summed E-state index contributed by atoms with van der Waals surface area (Å²) >= 11 is 0. The summed E-state index contributed by atoms with van der Waals surface area (Å²) in [6.07, 6.45) is 0.991. The Labute approximate surface area is 325 Å². The number of amides is 4. The highest BCUT2D eigenvalue weighted by Gasteiger charge is 2.23. The van der Waals surface area contributed by atoms with E-state index in [9.17, 15) is 33.9 Å². The van der Waals surface area contributed by atoms with Crippen molar-refractivity contribution in [3.8, 4) is 11.8 Å². The number of carboxylic acids is 1. The van der Waals surface area contributed by atoms with Crippen LogP contribution in [0.25, 0.3) is 11.2 Å². The minimum atomic E-state index is -1.33. The van der Waals surface area contributed by atoms with E-state index < -0.39 is 29.4 Å². The van der Waals surface area contributed by atoms with Crippen LogP contribution >= 0.6 is 0 Å². The van der Waals surface area contributed by atoms with Crippen LogP contribution in [-0.2, 0) is 32.3 Å². The minimum Gasteiger partial charge on any atom is -0.480 e. The van der Waals surface area contributed by atoms with Gasteiger partial charge in [0.2, 0.25) is 23.7 Å². The molecule has 2 aromatic heterocycles. The number of aromatic nitrogens is 4. The molecule has 1 aliphatic rings. The van der Waals surface area contributed by atoms with E-state index in [2.05, 4.69) is 53.0 Å². The molecule has 0 saturated carbocycles. The number of nitrogen functional groups attached to an aromatic ring is 1. The molecule has 8 N–H and O–H groups in total. The monoisotopic (exact) mass is 770 g/mol. The van der Waals surface area contributed by atoms with Gasteiger partial charge in [-0.05, 0) is 54.4 Å².